The Labute approximate surface area is 164 Å². The summed E-state index contributed by atoms with van der Waals surface area (Å²) in [6.45, 7) is 1.27. The number of methoxy groups -OCH3 is 1. The molecule has 146 valence electrons. The summed E-state index contributed by atoms with van der Waals surface area (Å²) in [4.78, 5) is 16.7. The molecule has 2 rings (SSSR count). The lowest BCUT2D eigenvalue weighted by Gasteiger charge is -2.29. The van der Waals surface area contributed by atoms with Crippen molar-refractivity contribution in [2.75, 3.05) is 45.8 Å². The van der Waals surface area contributed by atoms with Gasteiger partial charge in [0, 0.05) is 18.2 Å². The van der Waals surface area contributed by atoms with E-state index in [0.717, 1.165) is 13.0 Å². The molecular formula is C17H24Cl2N2O4S. The zero-order valence-electron chi connectivity index (χ0n) is 15.2. The summed E-state index contributed by atoms with van der Waals surface area (Å²) in [6, 6.07) is 2.70. The van der Waals surface area contributed by atoms with Crippen molar-refractivity contribution in [2.45, 2.75) is 18.9 Å². The van der Waals surface area contributed by atoms with Gasteiger partial charge in [0.15, 0.2) is 15.6 Å². The fourth-order valence-electron chi connectivity index (χ4n) is 3.07. The summed E-state index contributed by atoms with van der Waals surface area (Å²) < 4.78 is 28.9. The quantitative estimate of drug-likeness (QED) is 0.675. The average Bonchev–Trinajstić information content (AvgIpc) is 2.90. The zero-order chi connectivity index (χ0) is 19.5. The smallest absolute Gasteiger partial charge is 0.254 e. The number of benzene rings is 1. The van der Waals surface area contributed by atoms with Crippen LogP contribution in [0.1, 0.15) is 23.2 Å². The van der Waals surface area contributed by atoms with Crippen LogP contribution in [0.5, 0.6) is 5.75 Å². The van der Waals surface area contributed by atoms with E-state index < -0.39 is 9.84 Å². The van der Waals surface area contributed by atoms with Crippen LogP contribution < -0.4 is 4.74 Å². The third-order valence-electron chi connectivity index (χ3n) is 4.36. The summed E-state index contributed by atoms with van der Waals surface area (Å²) >= 11 is 12.3. The predicted molar refractivity (Wildman–Crippen MR) is 104 cm³/mol. The maximum atomic E-state index is 13.1. The van der Waals surface area contributed by atoms with Gasteiger partial charge in [-0.1, -0.05) is 23.2 Å². The van der Waals surface area contributed by atoms with E-state index in [9.17, 15) is 13.2 Å². The van der Waals surface area contributed by atoms with Crippen molar-refractivity contribution < 1.29 is 17.9 Å². The lowest BCUT2D eigenvalue weighted by molar-refractivity contribution is 0.0690. The molecule has 1 unspecified atom stereocenters. The Bertz CT molecular complexity index is 745. The molecule has 1 heterocycles. The molecule has 26 heavy (non-hydrogen) atoms. The Morgan fingerprint density at radius 1 is 1.23 bits per heavy atom. The molecule has 0 N–H and O–H groups in total. The first-order chi connectivity index (χ1) is 12.1. The number of carbonyl (C=O) groups is 1. The lowest BCUT2D eigenvalue weighted by Crippen LogP contribution is -2.42. The Morgan fingerprint density at radius 3 is 2.31 bits per heavy atom. The molecule has 1 atom stereocenters. The predicted octanol–water partition coefficient (Wildman–Crippen LogP) is 2.58. The summed E-state index contributed by atoms with van der Waals surface area (Å²) in [6.07, 6.45) is 1.20. The summed E-state index contributed by atoms with van der Waals surface area (Å²) in [5, 5.41) is 0.492. The highest BCUT2D eigenvalue weighted by Gasteiger charge is 2.35. The van der Waals surface area contributed by atoms with Gasteiger partial charge in [-0.25, -0.2) is 8.42 Å². The van der Waals surface area contributed by atoms with Crippen molar-refractivity contribution in [1.82, 2.24) is 9.80 Å². The van der Waals surface area contributed by atoms with Crippen LogP contribution in [0.25, 0.3) is 0 Å². The molecule has 1 amide bonds. The van der Waals surface area contributed by atoms with Crippen LogP contribution in [0, 0.1) is 0 Å². The van der Waals surface area contributed by atoms with E-state index in [2.05, 4.69) is 0 Å². The van der Waals surface area contributed by atoms with Gasteiger partial charge in [0.25, 0.3) is 5.91 Å². The van der Waals surface area contributed by atoms with E-state index in [0.29, 0.717) is 24.3 Å². The van der Waals surface area contributed by atoms with E-state index in [1.54, 1.807) is 4.90 Å². The van der Waals surface area contributed by atoms with Gasteiger partial charge in [-0.2, -0.15) is 0 Å². The molecule has 1 aliphatic rings. The minimum atomic E-state index is -3.10. The van der Waals surface area contributed by atoms with Crippen LogP contribution in [0.4, 0.5) is 0 Å². The van der Waals surface area contributed by atoms with Crippen LogP contribution in [0.2, 0.25) is 10.0 Å². The van der Waals surface area contributed by atoms with Crippen molar-refractivity contribution >= 4 is 38.9 Å². The number of nitrogens with zero attached hydrogens (tertiary/aromatic N) is 2. The minimum Gasteiger partial charge on any atom is -0.494 e. The Kier molecular flexibility index (Phi) is 7.19. The van der Waals surface area contributed by atoms with E-state index in [1.165, 1.54) is 19.2 Å². The number of ether oxygens (including phenoxy) is 1. The Morgan fingerprint density at radius 2 is 1.85 bits per heavy atom. The summed E-state index contributed by atoms with van der Waals surface area (Å²) in [5.41, 5.74) is 0.329. The number of rotatable bonds is 7. The Balaban J connectivity index is 2.27. The van der Waals surface area contributed by atoms with E-state index in [-0.39, 0.29) is 33.5 Å². The molecule has 0 bridgehead atoms. The number of halogens is 2. The summed E-state index contributed by atoms with van der Waals surface area (Å²) in [7, 11) is 2.26. The SMILES string of the molecule is COc1c(Cl)cc(C(=O)N(CCCN(C)C)C2CCS(=O)(=O)C2)cc1Cl. The molecule has 1 aromatic rings. The van der Waals surface area contributed by atoms with Crippen molar-refractivity contribution in [3.63, 3.8) is 0 Å². The van der Waals surface area contributed by atoms with Crippen LogP contribution in [0.15, 0.2) is 12.1 Å². The van der Waals surface area contributed by atoms with Crippen LogP contribution in [-0.2, 0) is 9.84 Å². The van der Waals surface area contributed by atoms with Gasteiger partial charge in [0.1, 0.15) is 0 Å². The maximum absolute atomic E-state index is 13.1. The summed E-state index contributed by atoms with van der Waals surface area (Å²) in [5.74, 6) is 0.155. The second kappa shape index (κ2) is 8.78. The first-order valence-electron chi connectivity index (χ1n) is 8.34. The zero-order valence-corrected chi connectivity index (χ0v) is 17.5. The third-order valence-corrected chi connectivity index (χ3v) is 6.68. The van der Waals surface area contributed by atoms with Gasteiger partial charge in [-0.3, -0.25) is 4.79 Å². The molecule has 9 heteroatoms. The molecule has 0 aliphatic carbocycles. The van der Waals surface area contributed by atoms with Crippen molar-refractivity contribution in [1.29, 1.82) is 0 Å². The van der Waals surface area contributed by atoms with Crippen molar-refractivity contribution in [3.8, 4) is 5.75 Å². The highest BCUT2D eigenvalue weighted by molar-refractivity contribution is 7.91. The largest absolute Gasteiger partial charge is 0.494 e. The highest BCUT2D eigenvalue weighted by Crippen LogP contribution is 2.34. The third kappa shape index (κ3) is 5.25. The number of hydrogen-bond acceptors (Lipinski definition) is 5. The van der Waals surface area contributed by atoms with Gasteiger partial charge in [0.2, 0.25) is 0 Å². The first kappa shape index (κ1) is 21.3. The second-order valence-electron chi connectivity index (χ2n) is 6.69. The fraction of sp³-hybridized carbons (Fsp3) is 0.588. The van der Waals surface area contributed by atoms with Crippen molar-refractivity contribution in [2.24, 2.45) is 0 Å². The second-order valence-corrected chi connectivity index (χ2v) is 9.73. The average molecular weight is 423 g/mol. The molecule has 1 fully saturated rings. The van der Waals surface area contributed by atoms with E-state index in [1.807, 2.05) is 19.0 Å². The molecule has 1 aliphatic heterocycles. The number of amides is 1. The highest BCUT2D eigenvalue weighted by atomic mass is 35.5. The molecule has 0 radical (unpaired) electrons. The number of sulfone groups is 1. The monoisotopic (exact) mass is 422 g/mol. The fourth-order valence-corrected chi connectivity index (χ4v) is 5.44. The van der Waals surface area contributed by atoms with Gasteiger partial charge in [-0.15, -0.1) is 0 Å². The molecule has 1 saturated heterocycles. The van der Waals surface area contributed by atoms with Crippen LogP contribution in [-0.4, -0.2) is 76.0 Å². The minimum absolute atomic E-state index is 0.00166. The number of carbonyl (C=O) groups excluding carboxylic acids is 1. The van der Waals surface area contributed by atoms with E-state index in [4.69, 9.17) is 27.9 Å². The Hall–Kier alpha value is -1.02. The van der Waals surface area contributed by atoms with Gasteiger partial charge < -0.3 is 14.5 Å². The normalized spacial score (nSPS) is 18.9. The molecule has 0 spiro atoms. The maximum Gasteiger partial charge on any atom is 0.254 e. The first-order valence-corrected chi connectivity index (χ1v) is 10.9. The van der Waals surface area contributed by atoms with Gasteiger partial charge in [0.05, 0.1) is 28.7 Å². The molecule has 0 saturated carbocycles. The van der Waals surface area contributed by atoms with Crippen molar-refractivity contribution in [3.05, 3.63) is 27.7 Å². The topological polar surface area (TPSA) is 66.9 Å². The van der Waals surface area contributed by atoms with Gasteiger partial charge >= 0.3 is 0 Å². The standard InChI is InChI=1S/C17H24Cl2N2O4S/c1-20(2)6-4-7-21(13-5-8-26(23,24)11-13)17(22)12-9-14(18)16(25-3)15(19)10-12/h9-10,13H,4-8,11H2,1-3H3. The lowest BCUT2D eigenvalue weighted by atomic mass is 10.1. The molecular weight excluding hydrogens is 399 g/mol. The van der Waals surface area contributed by atoms with E-state index >= 15 is 0 Å². The van der Waals surface area contributed by atoms with Gasteiger partial charge in [-0.05, 0) is 45.6 Å². The van der Waals surface area contributed by atoms with Crippen LogP contribution in [0.3, 0.4) is 0 Å². The molecule has 6 nitrogen and oxygen atoms in total. The molecule has 1 aromatic carbocycles. The number of hydrogen-bond donors (Lipinski definition) is 0. The van der Waals surface area contributed by atoms with Crippen LogP contribution >= 0.6 is 23.2 Å². The molecule has 0 aromatic heterocycles.